The number of hydrogen-bond donors (Lipinski definition) is 1. The third-order valence-electron chi connectivity index (χ3n) is 5.61. The third-order valence-corrected chi connectivity index (χ3v) is 7.57. The van der Waals surface area contributed by atoms with Gasteiger partial charge in [-0.3, -0.25) is 4.79 Å². The molecule has 0 saturated carbocycles. The van der Waals surface area contributed by atoms with Crippen LogP contribution in [0.3, 0.4) is 0 Å². The summed E-state index contributed by atoms with van der Waals surface area (Å²) >= 11 is 0. The topological polar surface area (TPSA) is 69.7 Å². The zero-order valence-electron chi connectivity index (χ0n) is 18.3. The highest BCUT2D eigenvalue weighted by atomic mass is 32.2. The first-order valence-corrected chi connectivity index (χ1v) is 12.6. The molecule has 0 bridgehead atoms. The summed E-state index contributed by atoms with van der Waals surface area (Å²) in [4.78, 5) is 14.2. The highest BCUT2D eigenvalue weighted by molar-refractivity contribution is 7.89. The molecule has 1 aliphatic heterocycles. The lowest BCUT2D eigenvalue weighted by molar-refractivity contribution is -0.121. The van der Waals surface area contributed by atoms with Crippen LogP contribution >= 0.6 is 0 Å². The fourth-order valence-electron chi connectivity index (χ4n) is 3.85. The number of carbonyl (C=O) groups excluding carboxylic acids is 1. The van der Waals surface area contributed by atoms with Crippen molar-refractivity contribution in [1.82, 2.24) is 9.62 Å². The van der Waals surface area contributed by atoms with E-state index in [1.807, 2.05) is 24.3 Å². The number of carbonyl (C=O) groups is 1. The Morgan fingerprint density at radius 3 is 2.42 bits per heavy atom. The Morgan fingerprint density at radius 1 is 0.968 bits per heavy atom. The summed E-state index contributed by atoms with van der Waals surface area (Å²) in [6.45, 7) is 4.85. The normalized spacial score (nSPS) is 15.1. The quantitative estimate of drug-likeness (QED) is 0.573. The third kappa shape index (κ3) is 7.36. The lowest BCUT2D eigenvalue weighted by Gasteiger charge is -2.35. The number of piperazine rings is 1. The standard InChI is InChI=1S/C24H33N3O3S/c1-21-8-5-12-23(20-21)26-15-17-27(18-16-26)31(29,30)19-7-14-25-24(28)13-6-11-22-9-3-2-4-10-22/h2-5,8-10,12,20H,6-7,11,13-19H2,1H3,(H,25,28). The molecule has 168 valence electrons. The van der Waals surface area contributed by atoms with E-state index in [-0.39, 0.29) is 11.7 Å². The molecule has 0 spiro atoms. The molecular formula is C24H33N3O3S. The van der Waals surface area contributed by atoms with Gasteiger partial charge in [-0.05, 0) is 49.4 Å². The largest absolute Gasteiger partial charge is 0.369 e. The zero-order chi connectivity index (χ0) is 22.1. The van der Waals surface area contributed by atoms with Gasteiger partial charge in [-0.25, -0.2) is 8.42 Å². The minimum atomic E-state index is -3.29. The average molecular weight is 444 g/mol. The molecular weight excluding hydrogens is 410 g/mol. The number of benzene rings is 2. The van der Waals surface area contributed by atoms with Gasteiger partial charge in [0.05, 0.1) is 5.75 Å². The van der Waals surface area contributed by atoms with E-state index in [1.165, 1.54) is 11.1 Å². The molecule has 1 fully saturated rings. The van der Waals surface area contributed by atoms with Crippen LogP contribution in [-0.4, -0.2) is 57.1 Å². The Balaban J connectivity index is 1.32. The molecule has 2 aromatic rings. The van der Waals surface area contributed by atoms with Crippen molar-refractivity contribution in [2.75, 3.05) is 43.4 Å². The van der Waals surface area contributed by atoms with E-state index in [0.717, 1.165) is 18.5 Å². The van der Waals surface area contributed by atoms with E-state index >= 15 is 0 Å². The Hall–Kier alpha value is -2.38. The van der Waals surface area contributed by atoms with Gasteiger partial charge in [0.25, 0.3) is 0 Å². The number of nitrogens with one attached hydrogen (secondary N) is 1. The maximum Gasteiger partial charge on any atom is 0.220 e. The molecule has 0 aromatic heterocycles. The van der Waals surface area contributed by atoms with Gasteiger partial charge < -0.3 is 10.2 Å². The van der Waals surface area contributed by atoms with E-state index in [9.17, 15) is 13.2 Å². The molecule has 1 N–H and O–H groups in total. The first kappa shape index (κ1) is 23.3. The van der Waals surface area contributed by atoms with Crippen molar-refractivity contribution in [3.8, 4) is 0 Å². The monoisotopic (exact) mass is 443 g/mol. The SMILES string of the molecule is Cc1cccc(N2CCN(S(=O)(=O)CCCNC(=O)CCCc3ccccc3)CC2)c1. The van der Waals surface area contributed by atoms with Gasteiger partial charge in [0.2, 0.25) is 15.9 Å². The number of aryl methyl sites for hydroxylation is 2. The van der Waals surface area contributed by atoms with Crippen molar-refractivity contribution >= 4 is 21.6 Å². The summed E-state index contributed by atoms with van der Waals surface area (Å²) < 4.78 is 26.9. The minimum Gasteiger partial charge on any atom is -0.369 e. The first-order valence-electron chi connectivity index (χ1n) is 11.0. The van der Waals surface area contributed by atoms with Crippen molar-refractivity contribution in [1.29, 1.82) is 0 Å². The van der Waals surface area contributed by atoms with Crippen LogP contribution < -0.4 is 10.2 Å². The summed E-state index contributed by atoms with van der Waals surface area (Å²) in [5, 5.41) is 2.85. The average Bonchev–Trinajstić information content (AvgIpc) is 2.78. The van der Waals surface area contributed by atoms with Crippen molar-refractivity contribution in [2.24, 2.45) is 0 Å². The lowest BCUT2D eigenvalue weighted by atomic mass is 10.1. The van der Waals surface area contributed by atoms with Crippen LogP contribution in [0, 0.1) is 6.92 Å². The summed E-state index contributed by atoms with van der Waals surface area (Å²) in [6, 6.07) is 18.4. The molecule has 0 radical (unpaired) electrons. The highest BCUT2D eigenvalue weighted by Crippen LogP contribution is 2.19. The van der Waals surface area contributed by atoms with Gasteiger partial charge in [-0.2, -0.15) is 4.31 Å². The summed E-state index contributed by atoms with van der Waals surface area (Å²) in [6.07, 6.45) is 2.56. The number of amides is 1. The maximum absolute atomic E-state index is 12.7. The van der Waals surface area contributed by atoms with E-state index < -0.39 is 10.0 Å². The maximum atomic E-state index is 12.7. The molecule has 0 unspecified atom stereocenters. The van der Waals surface area contributed by atoms with E-state index in [2.05, 4.69) is 47.5 Å². The van der Waals surface area contributed by atoms with Crippen LogP contribution in [0.5, 0.6) is 0 Å². The summed E-state index contributed by atoms with van der Waals surface area (Å²) in [7, 11) is -3.29. The number of nitrogens with zero attached hydrogens (tertiary/aromatic N) is 2. The second-order valence-corrected chi connectivity index (χ2v) is 10.2. The van der Waals surface area contributed by atoms with Crippen LogP contribution in [0.15, 0.2) is 54.6 Å². The van der Waals surface area contributed by atoms with Gasteiger partial charge in [-0.15, -0.1) is 0 Å². The van der Waals surface area contributed by atoms with Gasteiger partial charge in [-0.1, -0.05) is 42.5 Å². The van der Waals surface area contributed by atoms with Crippen molar-refractivity contribution in [3.63, 3.8) is 0 Å². The van der Waals surface area contributed by atoms with Crippen LogP contribution in [-0.2, 0) is 21.2 Å². The summed E-state index contributed by atoms with van der Waals surface area (Å²) in [5.74, 6) is 0.0574. The molecule has 7 heteroatoms. The molecule has 6 nitrogen and oxygen atoms in total. The molecule has 3 rings (SSSR count). The van der Waals surface area contributed by atoms with E-state index in [0.29, 0.717) is 45.6 Å². The van der Waals surface area contributed by atoms with Crippen LogP contribution in [0.1, 0.15) is 30.4 Å². The molecule has 0 atom stereocenters. The second kappa shape index (κ2) is 11.3. The number of anilines is 1. The van der Waals surface area contributed by atoms with Crippen LogP contribution in [0.2, 0.25) is 0 Å². The van der Waals surface area contributed by atoms with Crippen LogP contribution in [0.25, 0.3) is 0 Å². The fourth-order valence-corrected chi connectivity index (χ4v) is 5.33. The molecule has 1 heterocycles. The predicted molar refractivity (Wildman–Crippen MR) is 126 cm³/mol. The highest BCUT2D eigenvalue weighted by Gasteiger charge is 2.26. The van der Waals surface area contributed by atoms with E-state index in [4.69, 9.17) is 0 Å². The lowest BCUT2D eigenvalue weighted by Crippen LogP contribution is -2.49. The Kier molecular flexibility index (Phi) is 8.49. The number of sulfonamides is 1. The minimum absolute atomic E-state index is 0.0138. The van der Waals surface area contributed by atoms with Crippen LogP contribution in [0.4, 0.5) is 5.69 Å². The second-order valence-electron chi connectivity index (χ2n) is 8.08. The van der Waals surface area contributed by atoms with Crippen molar-refractivity contribution in [2.45, 2.75) is 32.6 Å². The molecule has 1 aliphatic rings. The Labute approximate surface area is 186 Å². The molecule has 0 aliphatic carbocycles. The molecule has 1 saturated heterocycles. The van der Waals surface area contributed by atoms with Gasteiger partial charge in [0, 0.05) is 44.8 Å². The fraction of sp³-hybridized carbons (Fsp3) is 0.458. The van der Waals surface area contributed by atoms with Crippen molar-refractivity contribution in [3.05, 3.63) is 65.7 Å². The zero-order valence-corrected chi connectivity index (χ0v) is 19.1. The predicted octanol–water partition coefficient (Wildman–Crippen LogP) is 2.98. The smallest absolute Gasteiger partial charge is 0.220 e. The number of rotatable bonds is 10. The van der Waals surface area contributed by atoms with E-state index in [1.54, 1.807) is 4.31 Å². The molecule has 31 heavy (non-hydrogen) atoms. The van der Waals surface area contributed by atoms with Gasteiger partial charge >= 0.3 is 0 Å². The Bertz CT molecular complexity index is 940. The summed E-state index contributed by atoms with van der Waals surface area (Å²) in [5.41, 5.74) is 3.57. The van der Waals surface area contributed by atoms with Gasteiger partial charge in [0.1, 0.15) is 0 Å². The molecule has 2 aromatic carbocycles. The Morgan fingerprint density at radius 2 is 1.71 bits per heavy atom. The van der Waals surface area contributed by atoms with Gasteiger partial charge in [0.15, 0.2) is 0 Å². The first-order chi connectivity index (χ1) is 14.9. The van der Waals surface area contributed by atoms with Crippen molar-refractivity contribution < 1.29 is 13.2 Å². The molecule has 1 amide bonds. The number of hydrogen-bond acceptors (Lipinski definition) is 4.